The number of halogens is 2. The van der Waals surface area contributed by atoms with E-state index in [9.17, 15) is 8.78 Å². The maximum Gasteiger partial charge on any atom is 0.254 e. The van der Waals surface area contributed by atoms with Crippen LogP contribution in [0, 0.1) is 11.3 Å². The van der Waals surface area contributed by atoms with E-state index in [0.29, 0.717) is 12.3 Å². The highest BCUT2D eigenvalue weighted by Gasteiger charge is 2.66. The minimum Gasteiger partial charge on any atom is -0.206 e. The molecule has 1 aliphatic rings. The average Bonchev–Trinajstić information content (AvgIpc) is 2.29. The van der Waals surface area contributed by atoms with Crippen LogP contribution in [0.2, 0.25) is 0 Å². The summed E-state index contributed by atoms with van der Waals surface area (Å²) >= 11 is 0. The molecule has 1 saturated carbocycles. The first kappa shape index (κ1) is 8.95. The van der Waals surface area contributed by atoms with Gasteiger partial charge in [-0.15, -0.1) is 0 Å². The summed E-state index contributed by atoms with van der Waals surface area (Å²) in [5.41, 5.74) is -0.655. The Balaban J connectivity index is 2.29. The molecule has 1 rings (SSSR count). The van der Waals surface area contributed by atoms with Crippen LogP contribution in [-0.2, 0) is 0 Å². The predicted octanol–water partition coefficient (Wildman–Crippen LogP) is 3.47. The van der Waals surface area contributed by atoms with Crippen LogP contribution in [0.25, 0.3) is 0 Å². The highest BCUT2D eigenvalue weighted by atomic mass is 19.3. The Morgan fingerprint density at radius 1 is 1.36 bits per heavy atom. The molecule has 1 unspecified atom stereocenters. The van der Waals surface area contributed by atoms with Crippen molar-refractivity contribution >= 4 is 0 Å². The van der Waals surface area contributed by atoms with Crippen molar-refractivity contribution in [3.8, 4) is 0 Å². The Bertz CT molecular complexity index is 152. The van der Waals surface area contributed by atoms with Crippen LogP contribution >= 0.6 is 0 Å². The Morgan fingerprint density at radius 3 is 2.09 bits per heavy atom. The monoisotopic (exact) mass is 162 g/mol. The lowest BCUT2D eigenvalue weighted by Crippen LogP contribution is -2.07. The van der Waals surface area contributed by atoms with Crippen molar-refractivity contribution in [1.29, 1.82) is 0 Å². The third-order valence-corrected chi connectivity index (χ3v) is 2.64. The molecule has 0 aromatic rings. The summed E-state index contributed by atoms with van der Waals surface area (Å²) in [6.07, 6.45) is 1.70. The van der Waals surface area contributed by atoms with Crippen molar-refractivity contribution in [2.45, 2.75) is 46.0 Å². The fourth-order valence-corrected chi connectivity index (χ4v) is 1.32. The molecule has 0 radical (unpaired) electrons. The largest absolute Gasteiger partial charge is 0.254 e. The molecule has 0 aliphatic heterocycles. The lowest BCUT2D eigenvalue weighted by molar-refractivity contribution is 0.0650. The molecule has 66 valence electrons. The second kappa shape index (κ2) is 2.43. The first-order chi connectivity index (χ1) is 4.87. The number of hydrogen-bond acceptors (Lipinski definition) is 0. The highest BCUT2D eigenvalue weighted by Crippen LogP contribution is 2.62. The van der Waals surface area contributed by atoms with E-state index >= 15 is 0 Å². The normalized spacial score (nSPS) is 34.4. The van der Waals surface area contributed by atoms with Crippen LogP contribution in [0.3, 0.4) is 0 Å². The molecule has 11 heavy (non-hydrogen) atoms. The topological polar surface area (TPSA) is 0 Å². The third kappa shape index (κ3) is 1.71. The molecule has 0 spiro atoms. The van der Waals surface area contributed by atoms with Crippen LogP contribution in [0.1, 0.15) is 40.0 Å². The van der Waals surface area contributed by atoms with E-state index in [1.165, 1.54) is 0 Å². The summed E-state index contributed by atoms with van der Waals surface area (Å²) in [6, 6.07) is 0. The van der Waals surface area contributed by atoms with Crippen molar-refractivity contribution in [2.75, 3.05) is 0 Å². The molecule has 0 amide bonds. The van der Waals surface area contributed by atoms with Crippen molar-refractivity contribution < 1.29 is 8.78 Å². The van der Waals surface area contributed by atoms with Crippen LogP contribution in [0.5, 0.6) is 0 Å². The van der Waals surface area contributed by atoms with Crippen molar-refractivity contribution in [3.05, 3.63) is 0 Å². The second-order valence-electron chi connectivity index (χ2n) is 4.37. The van der Waals surface area contributed by atoms with Gasteiger partial charge in [-0.25, -0.2) is 8.78 Å². The Morgan fingerprint density at radius 2 is 1.82 bits per heavy atom. The van der Waals surface area contributed by atoms with E-state index < -0.39 is 11.3 Å². The summed E-state index contributed by atoms with van der Waals surface area (Å²) < 4.78 is 25.3. The van der Waals surface area contributed by atoms with Gasteiger partial charge in [-0.1, -0.05) is 27.2 Å². The fraction of sp³-hybridized carbons (Fsp3) is 1.00. The minimum atomic E-state index is -2.36. The van der Waals surface area contributed by atoms with Crippen LogP contribution in [0.4, 0.5) is 8.78 Å². The van der Waals surface area contributed by atoms with E-state index in [4.69, 9.17) is 0 Å². The summed E-state index contributed by atoms with van der Waals surface area (Å²) in [6.45, 7) is 5.84. The van der Waals surface area contributed by atoms with Crippen molar-refractivity contribution in [1.82, 2.24) is 0 Å². The molecule has 0 bridgehead atoms. The zero-order valence-corrected chi connectivity index (χ0v) is 7.45. The highest BCUT2D eigenvalue weighted by molar-refractivity contribution is 5.06. The quantitative estimate of drug-likeness (QED) is 0.596. The number of rotatable bonds is 3. The standard InChI is InChI=1S/C9H16F2/c1-7(2)4-5-8(3)6-9(8,10)11/h7H,4-6H2,1-3H3. The van der Waals surface area contributed by atoms with E-state index in [1.807, 2.05) is 0 Å². The zero-order valence-electron chi connectivity index (χ0n) is 7.45. The first-order valence-electron chi connectivity index (χ1n) is 4.25. The summed E-state index contributed by atoms with van der Waals surface area (Å²) in [5, 5.41) is 0. The Labute approximate surface area is 67.0 Å². The van der Waals surface area contributed by atoms with Crippen LogP contribution in [0.15, 0.2) is 0 Å². The minimum absolute atomic E-state index is 0.104. The molecule has 0 aromatic carbocycles. The van der Waals surface area contributed by atoms with E-state index in [-0.39, 0.29) is 6.42 Å². The van der Waals surface area contributed by atoms with Gasteiger partial charge in [0.1, 0.15) is 0 Å². The third-order valence-electron chi connectivity index (χ3n) is 2.64. The summed E-state index contributed by atoms with van der Waals surface area (Å²) in [7, 11) is 0. The maximum absolute atomic E-state index is 12.6. The van der Waals surface area contributed by atoms with Gasteiger partial charge in [-0.3, -0.25) is 0 Å². The van der Waals surface area contributed by atoms with Gasteiger partial charge in [0, 0.05) is 11.8 Å². The van der Waals surface area contributed by atoms with Crippen LogP contribution in [-0.4, -0.2) is 5.92 Å². The molecule has 0 heterocycles. The van der Waals surface area contributed by atoms with Gasteiger partial charge in [0.25, 0.3) is 5.92 Å². The molecular weight excluding hydrogens is 146 g/mol. The number of alkyl halides is 2. The summed E-state index contributed by atoms with van der Waals surface area (Å²) in [4.78, 5) is 0. The van der Waals surface area contributed by atoms with E-state index in [0.717, 1.165) is 6.42 Å². The zero-order chi connectivity index (χ0) is 8.70. The molecule has 1 atom stereocenters. The molecule has 1 fully saturated rings. The molecule has 1 aliphatic carbocycles. The average molecular weight is 162 g/mol. The first-order valence-corrected chi connectivity index (χ1v) is 4.25. The van der Waals surface area contributed by atoms with Gasteiger partial charge < -0.3 is 0 Å². The van der Waals surface area contributed by atoms with E-state index in [1.54, 1.807) is 6.92 Å². The van der Waals surface area contributed by atoms with Crippen molar-refractivity contribution in [3.63, 3.8) is 0 Å². The van der Waals surface area contributed by atoms with Gasteiger partial charge in [0.2, 0.25) is 0 Å². The maximum atomic E-state index is 12.6. The van der Waals surface area contributed by atoms with Crippen molar-refractivity contribution in [2.24, 2.45) is 11.3 Å². The Hall–Kier alpha value is -0.140. The van der Waals surface area contributed by atoms with E-state index in [2.05, 4.69) is 13.8 Å². The molecule has 0 N–H and O–H groups in total. The molecular formula is C9H16F2. The predicted molar refractivity (Wildman–Crippen MR) is 41.7 cm³/mol. The van der Waals surface area contributed by atoms with Gasteiger partial charge in [-0.05, 0) is 12.3 Å². The molecule has 2 heteroatoms. The molecule has 0 saturated heterocycles. The van der Waals surface area contributed by atoms with Gasteiger partial charge >= 0.3 is 0 Å². The summed E-state index contributed by atoms with van der Waals surface area (Å²) in [5.74, 6) is -1.81. The Kier molecular flexibility index (Phi) is 1.97. The van der Waals surface area contributed by atoms with Gasteiger partial charge in [0.05, 0.1) is 0 Å². The SMILES string of the molecule is CC(C)CCC1(C)CC1(F)F. The smallest absolute Gasteiger partial charge is 0.206 e. The van der Waals surface area contributed by atoms with Crippen LogP contribution < -0.4 is 0 Å². The lowest BCUT2D eigenvalue weighted by atomic mass is 9.97. The van der Waals surface area contributed by atoms with Gasteiger partial charge in [0.15, 0.2) is 0 Å². The van der Waals surface area contributed by atoms with Gasteiger partial charge in [-0.2, -0.15) is 0 Å². The molecule has 0 nitrogen and oxygen atoms in total. The lowest BCUT2D eigenvalue weighted by Gasteiger charge is -2.10. The molecule has 0 aromatic heterocycles. The fourth-order valence-electron chi connectivity index (χ4n) is 1.32. The second-order valence-corrected chi connectivity index (χ2v) is 4.37. The number of hydrogen-bond donors (Lipinski definition) is 0.